The molecule has 22 heavy (non-hydrogen) atoms. The van der Waals surface area contributed by atoms with Gasteiger partial charge in [-0.25, -0.2) is 0 Å². The zero-order valence-electron chi connectivity index (χ0n) is 11.5. The van der Waals surface area contributed by atoms with Gasteiger partial charge in [-0.3, -0.25) is 10.1 Å². The van der Waals surface area contributed by atoms with Crippen molar-refractivity contribution in [1.29, 1.82) is 0 Å². The first kappa shape index (κ1) is 14.4. The lowest BCUT2D eigenvalue weighted by molar-refractivity contribution is -0.384. The molecule has 3 rings (SSSR count). The van der Waals surface area contributed by atoms with Crippen LogP contribution in [0.5, 0.6) is 5.75 Å². The van der Waals surface area contributed by atoms with Crippen LogP contribution in [0.15, 0.2) is 60.7 Å². The van der Waals surface area contributed by atoms with Gasteiger partial charge < -0.3 is 4.74 Å². The van der Waals surface area contributed by atoms with Crippen molar-refractivity contribution in [3.05, 3.63) is 81.4 Å². The summed E-state index contributed by atoms with van der Waals surface area (Å²) >= 11 is 5.79. The van der Waals surface area contributed by atoms with E-state index in [1.165, 1.54) is 12.1 Å². The van der Waals surface area contributed by atoms with Crippen molar-refractivity contribution in [1.82, 2.24) is 0 Å². The average Bonchev–Trinajstić information content (AvgIpc) is 2.53. The van der Waals surface area contributed by atoms with Gasteiger partial charge >= 0.3 is 0 Å². The Balaban J connectivity index is 1.85. The van der Waals surface area contributed by atoms with Crippen molar-refractivity contribution in [2.75, 3.05) is 0 Å². The first-order chi connectivity index (χ1) is 10.6. The van der Waals surface area contributed by atoms with Gasteiger partial charge in [-0.2, -0.15) is 0 Å². The molecule has 0 unspecified atom stereocenters. The van der Waals surface area contributed by atoms with Crippen molar-refractivity contribution in [3.8, 4) is 5.75 Å². The molecule has 5 heteroatoms. The molecule has 0 fully saturated rings. The van der Waals surface area contributed by atoms with Crippen molar-refractivity contribution in [2.24, 2.45) is 0 Å². The highest BCUT2D eigenvalue weighted by Gasteiger charge is 2.13. The number of halogens is 1. The molecule has 0 atom stereocenters. The summed E-state index contributed by atoms with van der Waals surface area (Å²) in [6.07, 6.45) is 0. The minimum absolute atomic E-state index is 0.0995. The Labute approximate surface area is 132 Å². The van der Waals surface area contributed by atoms with Crippen molar-refractivity contribution >= 4 is 28.1 Å². The largest absolute Gasteiger partial charge is 0.489 e. The van der Waals surface area contributed by atoms with Gasteiger partial charge in [0.05, 0.1) is 11.0 Å². The van der Waals surface area contributed by atoms with Gasteiger partial charge in [-0.1, -0.05) is 54.1 Å². The maximum absolute atomic E-state index is 10.9. The van der Waals surface area contributed by atoms with Gasteiger partial charge in [-0.15, -0.1) is 0 Å². The fraction of sp³-hybridized carbons (Fsp3) is 0.0588. The van der Waals surface area contributed by atoms with Crippen LogP contribution < -0.4 is 4.74 Å². The number of nitrogens with zero attached hydrogens (tertiary/aromatic N) is 1. The molecule has 0 N–H and O–H groups in total. The van der Waals surface area contributed by atoms with Crippen LogP contribution in [0, 0.1) is 10.1 Å². The minimum Gasteiger partial charge on any atom is -0.489 e. The fourth-order valence-corrected chi connectivity index (χ4v) is 2.49. The zero-order chi connectivity index (χ0) is 15.5. The standard InChI is InChI=1S/C17H12ClNO3/c18-16-9-8-14(10-17(16)19(20)21)22-11-13-6-3-5-12-4-1-2-7-15(12)13/h1-10H,11H2. The highest BCUT2D eigenvalue weighted by molar-refractivity contribution is 6.32. The number of nitro groups is 1. The Morgan fingerprint density at radius 2 is 1.82 bits per heavy atom. The van der Waals surface area contributed by atoms with Crippen LogP contribution in [0.3, 0.4) is 0 Å². The predicted octanol–water partition coefficient (Wildman–Crippen LogP) is 4.98. The average molecular weight is 314 g/mol. The van der Waals surface area contributed by atoms with E-state index in [1.807, 2.05) is 42.5 Å². The van der Waals surface area contributed by atoms with Gasteiger partial charge in [0.15, 0.2) is 0 Å². The fourth-order valence-electron chi connectivity index (χ4n) is 2.30. The third-order valence-electron chi connectivity index (χ3n) is 3.39. The van der Waals surface area contributed by atoms with E-state index in [4.69, 9.17) is 16.3 Å². The zero-order valence-corrected chi connectivity index (χ0v) is 12.3. The van der Waals surface area contributed by atoms with E-state index in [0.29, 0.717) is 12.4 Å². The summed E-state index contributed by atoms with van der Waals surface area (Å²) in [4.78, 5) is 10.4. The molecule has 0 amide bonds. The molecule has 3 aromatic carbocycles. The van der Waals surface area contributed by atoms with Crippen molar-refractivity contribution in [3.63, 3.8) is 0 Å². The van der Waals surface area contributed by atoms with E-state index in [9.17, 15) is 10.1 Å². The maximum Gasteiger partial charge on any atom is 0.291 e. The SMILES string of the molecule is O=[N+]([O-])c1cc(OCc2cccc3ccccc23)ccc1Cl. The van der Waals surface area contributed by atoms with E-state index in [2.05, 4.69) is 0 Å². The van der Waals surface area contributed by atoms with E-state index in [1.54, 1.807) is 6.07 Å². The van der Waals surface area contributed by atoms with E-state index >= 15 is 0 Å². The maximum atomic E-state index is 10.9. The van der Waals surface area contributed by atoms with Gasteiger partial charge in [-0.05, 0) is 28.5 Å². The topological polar surface area (TPSA) is 52.4 Å². The molecule has 0 radical (unpaired) electrons. The highest BCUT2D eigenvalue weighted by Crippen LogP contribution is 2.29. The number of fused-ring (bicyclic) bond motifs is 1. The summed E-state index contributed by atoms with van der Waals surface area (Å²) in [7, 11) is 0. The first-order valence-electron chi connectivity index (χ1n) is 6.68. The van der Waals surface area contributed by atoms with Crippen LogP contribution in [-0.4, -0.2) is 4.92 Å². The smallest absolute Gasteiger partial charge is 0.291 e. The van der Waals surface area contributed by atoms with E-state index < -0.39 is 4.92 Å². The molecule has 0 heterocycles. The summed E-state index contributed by atoms with van der Waals surface area (Å²) in [6, 6.07) is 18.4. The molecule has 3 aromatic rings. The molecule has 0 bridgehead atoms. The Hall–Kier alpha value is -2.59. The number of ether oxygens (including phenoxy) is 1. The highest BCUT2D eigenvalue weighted by atomic mass is 35.5. The Morgan fingerprint density at radius 3 is 2.64 bits per heavy atom. The van der Waals surface area contributed by atoms with Crippen LogP contribution in [0.4, 0.5) is 5.69 Å². The second kappa shape index (κ2) is 6.03. The molecule has 0 aliphatic rings. The molecular weight excluding hydrogens is 302 g/mol. The molecule has 0 aliphatic carbocycles. The second-order valence-corrected chi connectivity index (χ2v) is 5.20. The Morgan fingerprint density at radius 1 is 1.05 bits per heavy atom. The number of hydrogen-bond acceptors (Lipinski definition) is 3. The van der Waals surface area contributed by atoms with Crippen LogP contribution in [0.25, 0.3) is 10.8 Å². The van der Waals surface area contributed by atoms with Crippen molar-refractivity contribution < 1.29 is 9.66 Å². The summed E-state index contributed by atoms with van der Waals surface area (Å²) in [5, 5.41) is 13.2. The molecule has 0 aliphatic heterocycles. The minimum atomic E-state index is -0.521. The molecule has 0 aromatic heterocycles. The third-order valence-corrected chi connectivity index (χ3v) is 3.71. The third kappa shape index (κ3) is 2.87. The molecule has 0 spiro atoms. The second-order valence-electron chi connectivity index (χ2n) is 4.80. The van der Waals surface area contributed by atoms with Gasteiger partial charge in [0, 0.05) is 0 Å². The van der Waals surface area contributed by atoms with E-state index in [-0.39, 0.29) is 10.7 Å². The number of rotatable bonds is 4. The molecule has 0 saturated carbocycles. The summed E-state index contributed by atoms with van der Waals surface area (Å²) in [5.74, 6) is 0.420. The van der Waals surface area contributed by atoms with E-state index in [0.717, 1.165) is 16.3 Å². The Kier molecular flexibility index (Phi) is 3.94. The summed E-state index contributed by atoms with van der Waals surface area (Å²) in [5.41, 5.74) is 0.868. The van der Waals surface area contributed by atoms with Crippen LogP contribution in [0.2, 0.25) is 5.02 Å². The van der Waals surface area contributed by atoms with Gasteiger partial charge in [0.2, 0.25) is 0 Å². The number of nitro benzene ring substituents is 1. The summed E-state index contributed by atoms with van der Waals surface area (Å²) < 4.78 is 5.68. The molecule has 0 saturated heterocycles. The van der Waals surface area contributed by atoms with Gasteiger partial charge in [0.25, 0.3) is 5.69 Å². The van der Waals surface area contributed by atoms with Gasteiger partial charge in [0.1, 0.15) is 17.4 Å². The quantitative estimate of drug-likeness (QED) is 0.504. The molecule has 4 nitrogen and oxygen atoms in total. The lowest BCUT2D eigenvalue weighted by Crippen LogP contribution is -1.97. The monoisotopic (exact) mass is 313 g/mol. The normalized spacial score (nSPS) is 10.6. The number of hydrogen-bond donors (Lipinski definition) is 0. The lowest BCUT2D eigenvalue weighted by atomic mass is 10.1. The lowest BCUT2D eigenvalue weighted by Gasteiger charge is -2.09. The van der Waals surface area contributed by atoms with Crippen LogP contribution in [-0.2, 0) is 6.61 Å². The van der Waals surface area contributed by atoms with Crippen molar-refractivity contribution in [2.45, 2.75) is 6.61 Å². The van der Waals surface area contributed by atoms with Crippen LogP contribution >= 0.6 is 11.6 Å². The molecular formula is C17H12ClNO3. The first-order valence-corrected chi connectivity index (χ1v) is 7.06. The predicted molar refractivity (Wildman–Crippen MR) is 86.4 cm³/mol. The summed E-state index contributed by atoms with van der Waals surface area (Å²) in [6.45, 7) is 0.333. The molecule has 110 valence electrons. The Bertz CT molecular complexity index is 843. The number of benzene rings is 3. The van der Waals surface area contributed by atoms with Crippen LogP contribution in [0.1, 0.15) is 5.56 Å².